The fourth-order valence-electron chi connectivity index (χ4n) is 1.66. The summed E-state index contributed by atoms with van der Waals surface area (Å²) in [6, 6.07) is 7.80. The molecule has 1 aliphatic rings. The van der Waals surface area contributed by atoms with Gasteiger partial charge < -0.3 is 9.64 Å². The van der Waals surface area contributed by atoms with Crippen molar-refractivity contribution in [2.24, 2.45) is 0 Å². The smallest absolute Gasteiger partial charge is 0.153 e. The number of Topliss-reactive ketones (excluding diaryl/α,β-unsaturated/α-hetero) is 1. The number of rotatable bonds is 2. The van der Waals surface area contributed by atoms with Gasteiger partial charge in [-0.25, -0.2) is 0 Å². The van der Waals surface area contributed by atoms with Crippen molar-refractivity contribution in [1.82, 2.24) is 0 Å². The third-order valence-corrected chi connectivity index (χ3v) is 2.45. The van der Waals surface area contributed by atoms with Gasteiger partial charge in [0.25, 0.3) is 0 Å². The van der Waals surface area contributed by atoms with Gasteiger partial charge in [-0.1, -0.05) is 6.07 Å². The van der Waals surface area contributed by atoms with Crippen LogP contribution in [-0.4, -0.2) is 26.0 Å². The Kier molecular flexibility index (Phi) is 2.39. The van der Waals surface area contributed by atoms with Gasteiger partial charge in [0.15, 0.2) is 5.78 Å². The lowest BCUT2D eigenvalue weighted by atomic mass is 10.3. The average Bonchev–Trinajstić information content (AvgIpc) is 2.65. The summed E-state index contributed by atoms with van der Waals surface area (Å²) in [6.07, 6.45) is 0.664. The summed E-state index contributed by atoms with van der Waals surface area (Å²) >= 11 is 0. The summed E-state index contributed by atoms with van der Waals surface area (Å²) in [7, 11) is 1.65. The lowest BCUT2D eigenvalue weighted by molar-refractivity contribution is -0.116. The van der Waals surface area contributed by atoms with Crippen LogP contribution in [0.2, 0.25) is 0 Å². The highest BCUT2D eigenvalue weighted by Crippen LogP contribution is 2.23. The largest absolute Gasteiger partial charge is 0.497 e. The molecule has 3 heteroatoms. The molecule has 1 aliphatic heterocycles. The molecule has 1 aromatic rings. The maximum Gasteiger partial charge on any atom is 0.153 e. The van der Waals surface area contributed by atoms with Crippen LogP contribution < -0.4 is 9.64 Å². The van der Waals surface area contributed by atoms with E-state index in [-0.39, 0.29) is 0 Å². The van der Waals surface area contributed by atoms with Crippen LogP contribution in [0.15, 0.2) is 24.3 Å². The van der Waals surface area contributed by atoms with Crippen LogP contribution in [0.1, 0.15) is 6.42 Å². The van der Waals surface area contributed by atoms with Gasteiger partial charge in [0.05, 0.1) is 13.7 Å². The van der Waals surface area contributed by atoms with E-state index in [2.05, 4.69) is 4.90 Å². The summed E-state index contributed by atoms with van der Waals surface area (Å²) in [6.45, 7) is 1.36. The summed E-state index contributed by atoms with van der Waals surface area (Å²) in [4.78, 5) is 13.2. The van der Waals surface area contributed by atoms with E-state index < -0.39 is 0 Å². The molecule has 14 heavy (non-hydrogen) atoms. The molecule has 0 saturated carbocycles. The normalized spacial score (nSPS) is 16.1. The van der Waals surface area contributed by atoms with Gasteiger partial charge in [-0.05, 0) is 12.1 Å². The molecule has 74 valence electrons. The van der Waals surface area contributed by atoms with Crippen molar-refractivity contribution < 1.29 is 9.53 Å². The van der Waals surface area contributed by atoms with Crippen LogP contribution in [0, 0.1) is 0 Å². The number of benzene rings is 1. The van der Waals surface area contributed by atoms with E-state index in [1.807, 2.05) is 24.3 Å². The SMILES string of the molecule is COc1cccc(N2CCC(=O)C2)c1. The molecular weight excluding hydrogens is 178 g/mol. The van der Waals surface area contributed by atoms with E-state index in [9.17, 15) is 4.79 Å². The third kappa shape index (κ3) is 1.71. The minimum atomic E-state index is 0.313. The molecule has 2 rings (SSSR count). The molecule has 1 fully saturated rings. The first-order valence-corrected chi connectivity index (χ1v) is 4.70. The van der Waals surface area contributed by atoms with E-state index >= 15 is 0 Å². The Bertz CT molecular complexity index is 349. The molecular formula is C11H13NO2. The standard InChI is InChI=1S/C11H13NO2/c1-14-11-4-2-3-9(7-11)12-6-5-10(13)8-12/h2-4,7H,5-6,8H2,1H3. The van der Waals surface area contributed by atoms with Crippen molar-refractivity contribution in [1.29, 1.82) is 0 Å². The van der Waals surface area contributed by atoms with Crippen molar-refractivity contribution in [3.05, 3.63) is 24.3 Å². The van der Waals surface area contributed by atoms with Crippen LogP contribution in [0.4, 0.5) is 5.69 Å². The van der Waals surface area contributed by atoms with E-state index in [0.717, 1.165) is 18.0 Å². The fraction of sp³-hybridized carbons (Fsp3) is 0.364. The number of ketones is 1. The molecule has 0 unspecified atom stereocenters. The first kappa shape index (κ1) is 9.06. The van der Waals surface area contributed by atoms with Crippen LogP contribution >= 0.6 is 0 Å². The van der Waals surface area contributed by atoms with Crippen LogP contribution in [0.25, 0.3) is 0 Å². The maximum atomic E-state index is 11.1. The predicted molar refractivity (Wildman–Crippen MR) is 54.8 cm³/mol. The Morgan fingerprint density at radius 1 is 1.43 bits per heavy atom. The van der Waals surface area contributed by atoms with Crippen molar-refractivity contribution in [3.63, 3.8) is 0 Å². The lowest BCUT2D eigenvalue weighted by Crippen LogP contribution is -2.19. The second-order valence-corrected chi connectivity index (χ2v) is 3.41. The van der Waals surface area contributed by atoms with Gasteiger partial charge >= 0.3 is 0 Å². The second kappa shape index (κ2) is 3.70. The molecule has 0 radical (unpaired) electrons. The number of hydrogen-bond donors (Lipinski definition) is 0. The van der Waals surface area contributed by atoms with Gasteiger partial charge in [-0.2, -0.15) is 0 Å². The highest BCUT2D eigenvalue weighted by atomic mass is 16.5. The molecule has 0 spiro atoms. The molecule has 1 saturated heterocycles. The first-order valence-electron chi connectivity index (χ1n) is 4.70. The third-order valence-electron chi connectivity index (χ3n) is 2.45. The van der Waals surface area contributed by atoms with Gasteiger partial charge in [0.1, 0.15) is 5.75 Å². The van der Waals surface area contributed by atoms with E-state index in [1.54, 1.807) is 7.11 Å². The van der Waals surface area contributed by atoms with Crippen LogP contribution in [0.5, 0.6) is 5.75 Å². The van der Waals surface area contributed by atoms with E-state index in [4.69, 9.17) is 4.74 Å². The first-order chi connectivity index (χ1) is 6.79. The summed E-state index contributed by atoms with van der Waals surface area (Å²) in [5, 5.41) is 0. The Labute approximate surface area is 83.3 Å². The highest BCUT2D eigenvalue weighted by Gasteiger charge is 2.19. The minimum Gasteiger partial charge on any atom is -0.497 e. The molecule has 0 atom stereocenters. The summed E-state index contributed by atoms with van der Waals surface area (Å²) in [5.74, 6) is 1.15. The van der Waals surface area contributed by atoms with Gasteiger partial charge in [0, 0.05) is 24.7 Å². The summed E-state index contributed by atoms with van der Waals surface area (Å²) < 4.78 is 5.13. The number of hydrogen-bond acceptors (Lipinski definition) is 3. The van der Waals surface area contributed by atoms with Gasteiger partial charge in [-0.15, -0.1) is 0 Å². The average molecular weight is 191 g/mol. The number of ether oxygens (including phenoxy) is 1. The molecule has 3 nitrogen and oxygen atoms in total. The highest BCUT2D eigenvalue weighted by molar-refractivity contribution is 5.87. The predicted octanol–water partition coefficient (Wildman–Crippen LogP) is 1.47. The van der Waals surface area contributed by atoms with Gasteiger partial charge in [0.2, 0.25) is 0 Å². The Hall–Kier alpha value is -1.51. The molecule has 0 aliphatic carbocycles. The van der Waals surface area contributed by atoms with Crippen LogP contribution in [0.3, 0.4) is 0 Å². The number of nitrogens with zero attached hydrogens (tertiary/aromatic N) is 1. The van der Waals surface area contributed by atoms with E-state index in [1.165, 1.54) is 0 Å². The number of carbonyl (C=O) groups excluding carboxylic acids is 1. The molecule has 0 amide bonds. The molecule has 0 aromatic heterocycles. The topological polar surface area (TPSA) is 29.5 Å². The Morgan fingerprint density at radius 3 is 2.93 bits per heavy atom. The van der Waals surface area contributed by atoms with Gasteiger partial charge in [-0.3, -0.25) is 4.79 Å². The lowest BCUT2D eigenvalue weighted by Gasteiger charge is -2.16. The number of anilines is 1. The minimum absolute atomic E-state index is 0.313. The van der Waals surface area contributed by atoms with Crippen molar-refractivity contribution in [2.45, 2.75) is 6.42 Å². The van der Waals surface area contributed by atoms with Crippen molar-refractivity contribution >= 4 is 11.5 Å². The fourth-order valence-corrected chi connectivity index (χ4v) is 1.66. The monoisotopic (exact) mass is 191 g/mol. The van der Waals surface area contributed by atoms with Crippen molar-refractivity contribution in [2.75, 3.05) is 25.1 Å². The molecule has 0 N–H and O–H groups in total. The maximum absolute atomic E-state index is 11.1. The van der Waals surface area contributed by atoms with Crippen LogP contribution in [-0.2, 0) is 4.79 Å². The van der Waals surface area contributed by atoms with E-state index in [0.29, 0.717) is 18.7 Å². The second-order valence-electron chi connectivity index (χ2n) is 3.41. The Morgan fingerprint density at radius 2 is 2.29 bits per heavy atom. The zero-order chi connectivity index (χ0) is 9.97. The molecule has 1 aromatic carbocycles. The summed E-state index contributed by atoms with van der Waals surface area (Å²) in [5.41, 5.74) is 1.07. The Balaban J connectivity index is 2.19. The number of carbonyl (C=O) groups is 1. The quantitative estimate of drug-likeness (QED) is 0.709. The zero-order valence-corrected chi connectivity index (χ0v) is 8.19. The zero-order valence-electron chi connectivity index (χ0n) is 8.19. The molecule has 0 bridgehead atoms. The van der Waals surface area contributed by atoms with Crippen molar-refractivity contribution in [3.8, 4) is 5.75 Å². The molecule has 1 heterocycles. The number of methoxy groups -OCH3 is 1.